The van der Waals surface area contributed by atoms with Gasteiger partial charge in [0.05, 0.1) is 0 Å². The number of carboxylic acids is 2. The average molecular weight is 362 g/mol. The Morgan fingerprint density at radius 2 is 1.71 bits per heavy atom. The number of carboxylic acid groups (broad SMARTS) is 2. The van der Waals surface area contributed by atoms with Crippen LogP contribution in [0.3, 0.4) is 0 Å². The van der Waals surface area contributed by atoms with E-state index in [4.69, 9.17) is 15.9 Å². The second-order valence-electron chi connectivity index (χ2n) is 4.76. The molecule has 0 spiro atoms. The first-order chi connectivity index (χ1) is 11.2. The molecule has 1 aromatic carbocycles. The zero-order valence-corrected chi connectivity index (χ0v) is 13.1. The minimum Gasteiger partial charge on any atom is -0.480 e. The molecule has 2 atom stereocenters. The summed E-state index contributed by atoms with van der Waals surface area (Å²) in [5.41, 5.74) is 5.06. The number of amides is 1. The molecule has 1 amide bonds. The molecule has 24 heavy (non-hydrogen) atoms. The van der Waals surface area contributed by atoms with E-state index >= 15 is 0 Å². The smallest absolute Gasteiger partial charge is 0.337 e. The van der Waals surface area contributed by atoms with Gasteiger partial charge >= 0.3 is 11.9 Å². The van der Waals surface area contributed by atoms with E-state index in [1.165, 1.54) is 24.3 Å². The van der Waals surface area contributed by atoms with Crippen molar-refractivity contribution in [3.63, 3.8) is 0 Å². The van der Waals surface area contributed by atoms with Crippen molar-refractivity contribution in [3.05, 3.63) is 29.8 Å². The van der Waals surface area contributed by atoms with Crippen LogP contribution in [0.1, 0.15) is 24.8 Å². The van der Waals surface area contributed by atoms with Gasteiger partial charge < -0.3 is 21.3 Å². The molecule has 0 fully saturated rings. The zero-order chi connectivity index (χ0) is 18.3. The van der Waals surface area contributed by atoms with Crippen LogP contribution in [0.4, 0.5) is 8.78 Å². The van der Waals surface area contributed by atoms with Gasteiger partial charge in [-0.3, -0.25) is 9.59 Å². The van der Waals surface area contributed by atoms with Crippen molar-refractivity contribution in [2.75, 3.05) is 0 Å². The van der Waals surface area contributed by atoms with E-state index in [9.17, 15) is 23.2 Å². The Balaban J connectivity index is 2.62. The normalized spacial score (nSPS) is 13.3. The third kappa shape index (κ3) is 6.50. The Labute approximate surface area is 140 Å². The molecule has 0 aliphatic heterocycles. The molecular formula is C14H16F2N2O5S. The monoisotopic (exact) mass is 362 g/mol. The highest BCUT2D eigenvalue weighted by Crippen LogP contribution is 2.26. The van der Waals surface area contributed by atoms with Gasteiger partial charge in [0, 0.05) is 16.9 Å². The van der Waals surface area contributed by atoms with E-state index in [0.717, 1.165) is 11.8 Å². The molecule has 10 heteroatoms. The van der Waals surface area contributed by atoms with Gasteiger partial charge in [-0.2, -0.15) is 0 Å². The van der Waals surface area contributed by atoms with Gasteiger partial charge in [-0.1, -0.05) is 23.9 Å². The van der Waals surface area contributed by atoms with Crippen LogP contribution in [0.5, 0.6) is 0 Å². The standard InChI is InChI=1S/C14H16F2N2O5S/c15-11(16)7-1-3-8(4-2-7)24-12(14(22)23)18-10(19)6-5-9(17)13(20)21/h1-4,9,11-12H,5-6,17H2,(H,18,19)(H,20,21)(H,22,23)/t9-,12-/m0/s1. The lowest BCUT2D eigenvalue weighted by Crippen LogP contribution is -2.39. The summed E-state index contributed by atoms with van der Waals surface area (Å²) in [4.78, 5) is 33.8. The van der Waals surface area contributed by atoms with E-state index in [0.29, 0.717) is 4.90 Å². The minimum absolute atomic E-state index is 0.138. The zero-order valence-electron chi connectivity index (χ0n) is 12.3. The predicted octanol–water partition coefficient (Wildman–Crippen LogP) is 1.44. The summed E-state index contributed by atoms with van der Waals surface area (Å²) < 4.78 is 24.9. The lowest BCUT2D eigenvalue weighted by molar-refractivity contribution is -0.140. The largest absolute Gasteiger partial charge is 0.480 e. The van der Waals surface area contributed by atoms with E-state index in [1.807, 2.05) is 0 Å². The van der Waals surface area contributed by atoms with Crippen LogP contribution >= 0.6 is 11.8 Å². The van der Waals surface area contributed by atoms with E-state index in [1.54, 1.807) is 0 Å². The Morgan fingerprint density at radius 3 is 2.17 bits per heavy atom. The fourth-order valence-corrected chi connectivity index (χ4v) is 2.45. The number of thioether (sulfide) groups is 1. The van der Waals surface area contributed by atoms with Crippen molar-refractivity contribution in [2.45, 2.75) is 35.6 Å². The predicted molar refractivity (Wildman–Crippen MR) is 81.7 cm³/mol. The molecule has 7 nitrogen and oxygen atoms in total. The summed E-state index contributed by atoms with van der Waals surface area (Å²) in [6.07, 6.45) is -3.01. The number of hydrogen-bond donors (Lipinski definition) is 4. The maximum atomic E-state index is 12.5. The van der Waals surface area contributed by atoms with Gasteiger partial charge in [0.25, 0.3) is 6.43 Å². The van der Waals surface area contributed by atoms with Crippen molar-refractivity contribution in [2.24, 2.45) is 5.73 Å². The van der Waals surface area contributed by atoms with Gasteiger partial charge in [-0.15, -0.1) is 0 Å². The Hall–Kier alpha value is -2.20. The number of nitrogens with two attached hydrogens (primary N) is 1. The first-order valence-corrected chi connectivity index (χ1v) is 7.64. The number of halogens is 2. The molecule has 5 N–H and O–H groups in total. The fraction of sp³-hybridized carbons (Fsp3) is 0.357. The highest BCUT2D eigenvalue weighted by molar-refractivity contribution is 8.00. The summed E-state index contributed by atoms with van der Waals surface area (Å²) >= 11 is 0.762. The van der Waals surface area contributed by atoms with E-state index < -0.39 is 35.7 Å². The topological polar surface area (TPSA) is 130 Å². The second kappa shape index (κ2) is 9.18. The summed E-state index contributed by atoms with van der Waals surface area (Å²) in [6, 6.07) is 3.77. The number of hydrogen-bond acceptors (Lipinski definition) is 5. The highest BCUT2D eigenvalue weighted by Gasteiger charge is 2.22. The molecule has 0 unspecified atom stereocenters. The maximum absolute atomic E-state index is 12.5. The molecule has 0 bridgehead atoms. The SMILES string of the molecule is N[C@@H](CCC(=O)N[C@@H](Sc1ccc(C(F)F)cc1)C(=O)O)C(=O)O. The molecule has 1 rings (SSSR count). The van der Waals surface area contributed by atoms with Crippen molar-refractivity contribution >= 4 is 29.6 Å². The van der Waals surface area contributed by atoms with Crippen LogP contribution in [-0.2, 0) is 14.4 Å². The lowest BCUT2D eigenvalue weighted by atomic mass is 10.1. The van der Waals surface area contributed by atoms with Crippen molar-refractivity contribution in [1.82, 2.24) is 5.32 Å². The summed E-state index contributed by atoms with van der Waals surface area (Å²) in [5, 5.41) is 18.6. The number of carbonyl (C=O) groups is 3. The molecule has 0 saturated carbocycles. The highest BCUT2D eigenvalue weighted by atomic mass is 32.2. The van der Waals surface area contributed by atoms with Gasteiger partial charge in [-0.05, 0) is 18.6 Å². The van der Waals surface area contributed by atoms with Crippen molar-refractivity contribution in [1.29, 1.82) is 0 Å². The third-order valence-corrected chi connectivity index (χ3v) is 4.00. The molecule has 1 aromatic rings. The quantitative estimate of drug-likeness (QED) is 0.386. The summed E-state index contributed by atoms with van der Waals surface area (Å²) in [7, 11) is 0. The number of benzene rings is 1. The minimum atomic E-state index is -2.63. The number of alkyl halides is 2. The molecule has 0 heterocycles. The van der Waals surface area contributed by atoms with E-state index in [-0.39, 0.29) is 18.4 Å². The van der Waals surface area contributed by atoms with Crippen molar-refractivity contribution < 1.29 is 33.4 Å². The molecular weight excluding hydrogens is 346 g/mol. The molecule has 0 radical (unpaired) electrons. The first kappa shape index (κ1) is 19.8. The van der Waals surface area contributed by atoms with Crippen LogP contribution < -0.4 is 11.1 Å². The van der Waals surface area contributed by atoms with Gasteiger partial charge in [0.2, 0.25) is 5.91 Å². The lowest BCUT2D eigenvalue weighted by Gasteiger charge is -2.15. The number of rotatable bonds is 9. The van der Waals surface area contributed by atoms with Crippen LogP contribution in [0.25, 0.3) is 0 Å². The fourth-order valence-electron chi connectivity index (χ4n) is 1.60. The average Bonchev–Trinajstić information content (AvgIpc) is 2.52. The van der Waals surface area contributed by atoms with Crippen LogP contribution in [0.15, 0.2) is 29.2 Å². The molecule has 0 saturated heterocycles. The summed E-state index contributed by atoms with van der Waals surface area (Å²) in [5.74, 6) is -3.25. The van der Waals surface area contributed by atoms with Gasteiger partial charge in [0.1, 0.15) is 6.04 Å². The number of aliphatic carboxylic acids is 2. The first-order valence-electron chi connectivity index (χ1n) is 6.76. The van der Waals surface area contributed by atoms with Crippen LogP contribution in [0, 0.1) is 0 Å². The Kier molecular flexibility index (Phi) is 7.59. The molecule has 132 valence electrons. The second-order valence-corrected chi connectivity index (χ2v) is 5.94. The third-order valence-electron chi connectivity index (χ3n) is 2.90. The molecule has 0 aromatic heterocycles. The molecule has 0 aliphatic rings. The Morgan fingerprint density at radius 1 is 1.12 bits per heavy atom. The van der Waals surface area contributed by atoms with Crippen LogP contribution in [0.2, 0.25) is 0 Å². The van der Waals surface area contributed by atoms with E-state index in [2.05, 4.69) is 5.32 Å². The Bertz CT molecular complexity index is 597. The number of nitrogens with one attached hydrogen (secondary N) is 1. The summed E-state index contributed by atoms with van der Waals surface area (Å²) in [6.45, 7) is 0. The van der Waals surface area contributed by atoms with Crippen LogP contribution in [-0.4, -0.2) is 39.5 Å². The molecule has 0 aliphatic carbocycles. The maximum Gasteiger partial charge on any atom is 0.337 e. The number of carbonyl (C=O) groups excluding carboxylic acids is 1. The van der Waals surface area contributed by atoms with Gasteiger partial charge in [-0.25, -0.2) is 13.6 Å². The van der Waals surface area contributed by atoms with Crippen molar-refractivity contribution in [3.8, 4) is 0 Å². The van der Waals surface area contributed by atoms with Gasteiger partial charge in [0.15, 0.2) is 5.37 Å².